The van der Waals surface area contributed by atoms with Gasteiger partial charge in [0.25, 0.3) is 5.91 Å². The number of carbonyl (C=O) groups excluding carboxylic acids is 1. The van der Waals surface area contributed by atoms with Gasteiger partial charge in [-0.2, -0.15) is 0 Å². The molecule has 1 amide bonds. The summed E-state index contributed by atoms with van der Waals surface area (Å²) in [5, 5.41) is 0.627. The third kappa shape index (κ3) is 2.70. The van der Waals surface area contributed by atoms with E-state index in [1.165, 1.54) is 47.6 Å². The summed E-state index contributed by atoms with van der Waals surface area (Å²) in [5.41, 5.74) is 0.536. The first-order valence-electron chi connectivity index (χ1n) is 8.67. The molecule has 2 aromatic heterocycles. The third-order valence-corrected chi connectivity index (χ3v) is 5.02. The zero-order valence-electron chi connectivity index (χ0n) is 14.7. The highest BCUT2D eigenvalue weighted by molar-refractivity contribution is 6.31. The molecule has 0 spiro atoms. The van der Waals surface area contributed by atoms with Gasteiger partial charge in [-0.15, -0.1) is 0 Å². The van der Waals surface area contributed by atoms with Gasteiger partial charge in [0.05, 0.1) is 17.0 Å². The lowest BCUT2D eigenvalue weighted by atomic mass is 9.98. The fourth-order valence-electron chi connectivity index (χ4n) is 3.53. The number of carbonyl (C=O) groups is 1. The van der Waals surface area contributed by atoms with E-state index in [9.17, 15) is 14.0 Å². The number of hydrogen-bond acceptors (Lipinski definition) is 5. The van der Waals surface area contributed by atoms with Crippen molar-refractivity contribution in [3.05, 3.63) is 98.9 Å². The van der Waals surface area contributed by atoms with E-state index in [0.29, 0.717) is 10.6 Å². The quantitative estimate of drug-likeness (QED) is 0.499. The Hall–Kier alpha value is -3.58. The van der Waals surface area contributed by atoms with Crippen LogP contribution >= 0.6 is 11.6 Å². The van der Waals surface area contributed by atoms with E-state index in [4.69, 9.17) is 16.0 Å². The van der Waals surface area contributed by atoms with Crippen LogP contribution in [0.5, 0.6) is 0 Å². The van der Waals surface area contributed by atoms with Crippen molar-refractivity contribution in [1.82, 2.24) is 9.97 Å². The van der Waals surface area contributed by atoms with Gasteiger partial charge in [-0.3, -0.25) is 14.5 Å². The molecule has 0 aliphatic carbocycles. The third-order valence-electron chi connectivity index (χ3n) is 4.79. The van der Waals surface area contributed by atoms with E-state index in [-0.39, 0.29) is 33.7 Å². The van der Waals surface area contributed by atoms with E-state index >= 15 is 0 Å². The molecule has 142 valence electrons. The molecule has 6 nitrogen and oxygen atoms in total. The molecular weight excluding hydrogens is 397 g/mol. The van der Waals surface area contributed by atoms with Crippen LogP contribution in [0.15, 0.2) is 70.1 Å². The van der Waals surface area contributed by atoms with Crippen molar-refractivity contribution in [2.24, 2.45) is 0 Å². The number of nitrogens with zero attached hydrogens (tertiary/aromatic N) is 3. The number of amides is 1. The van der Waals surface area contributed by atoms with Gasteiger partial charge in [0.15, 0.2) is 5.43 Å². The Kier molecular flexibility index (Phi) is 3.92. The lowest BCUT2D eigenvalue weighted by Gasteiger charge is -2.22. The average Bonchev–Trinajstić information content (AvgIpc) is 3.03. The smallest absolute Gasteiger partial charge is 0.297 e. The Morgan fingerprint density at radius 2 is 1.76 bits per heavy atom. The van der Waals surface area contributed by atoms with Crippen molar-refractivity contribution in [3.63, 3.8) is 0 Å². The first-order chi connectivity index (χ1) is 14.0. The fraction of sp³-hybridized carbons (Fsp3) is 0.0476. The summed E-state index contributed by atoms with van der Waals surface area (Å²) in [6.45, 7) is 0. The lowest BCUT2D eigenvalue weighted by Crippen LogP contribution is -2.31. The van der Waals surface area contributed by atoms with Crippen LogP contribution in [0.4, 0.5) is 10.3 Å². The number of benzene rings is 2. The highest BCUT2D eigenvalue weighted by atomic mass is 35.5. The standard InChI is InChI=1S/C21H11ClFN3O3/c22-12-4-7-15-14(10-12)18(27)16-17(11-2-5-13(23)6-3-11)26(20(28)19(16)29-15)21-24-8-1-9-25-21/h1-10,17H/t17-/m0/s1. The van der Waals surface area contributed by atoms with Crippen molar-refractivity contribution in [2.75, 3.05) is 4.90 Å². The highest BCUT2D eigenvalue weighted by Crippen LogP contribution is 2.40. The van der Waals surface area contributed by atoms with Crippen LogP contribution in [0.2, 0.25) is 5.02 Å². The summed E-state index contributed by atoms with van der Waals surface area (Å²) in [4.78, 5) is 36.1. The molecule has 0 bridgehead atoms. The Labute approximate surface area is 168 Å². The van der Waals surface area contributed by atoms with Crippen LogP contribution in [0.3, 0.4) is 0 Å². The molecule has 0 fully saturated rings. The van der Waals surface area contributed by atoms with Gasteiger partial charge >= 0.3 is 0 Å². The normalized spacial score (nSPS) is 15.7. The maximum atomic E-state index is 13.5. The van der Waals surface area contributed by atoms with Gasteiger partial charge in [-0.25, -0.2) is 14.4 Å². The number of hydrogen-bond donors (Lipinski definition) is 0. The Bertz CT molecular complexity index is 1320. The van der Waals surface area contributed by atoms with Gasteiger partial charge in [0, 0.05) is 17.4 Å². The van der Waals surface area contributed by atoms with Crippen LogP contribution in [0, 0.1) is 5.82 Å². The minimum Gasteiger partial charge on any atom is -0.450 e. The number of halogens is 2. The molecule has 1 aliphatic heterocycles. The molecule has 4 aromatic rings. The van der Waals surface area contributed by atoms with Crippen LogP contribution in [-0.4, -0.2) is 15.9 Å². The van der Waals surface area contributed by atoms with Crippen molar-refractivity contribution in [2.45, 2.75) is 6.04 Å². The Morgan fingerprint density at radius 1 is 1.03 bits per heavy atom. The Morgan fingerprint density at radius 3 is 2.48 bits per heavy atom. The van der Waals surface area contributed by atoms with Crippen molar-refractivity contribution in [3.8, 4) is 0 Å². The van der Waals surface area contributed by atoms with Crippen molar-refractivity contribution >= 4 is 34.4 Å². The molecule has 3 heterocycles. The van der Waals surface area contributed by atoms with Crippen molar-refractivity contribution in [1.29, 1.82) is 0 Å². The topological polar surface area (TPSA) is 76.3 Å². The molecular formula is C21H11ClFN3O3. The first-order valence-corrected chi connectivity index (χ1v) is 9.04. The minimum absolute atomic E-state index is 0.0911. The Balaban J connectivity index is 1.83. The van der Waals surface area contributed by atoms with E-state index in [2.05, 4.69) is 9.97 Å². The number of fused-ring (bicyclic) bond motifs is 2. The van der Waals surface area contributed by atoms with Gasteiger partial charge in [-0.1, -0.05) is 23.7 Å². The second kappa shape index (κ2) is 6.49. The molecule has 1 aliphatic rings. The zero-order chi connectivity index (χ0) is 20.1. The minimum atomic E-state index is -0.861. The summed E-state index contributed by atoms with van der Waals surface area (Å²) in [5.74, 6) is -0.959. The molecule has 0 saturated heterocycles. The highest BCUT2D eigenvalue weighted by Gasteiger charge is 2.44. The van der Waals surface area contributed by atoms with E-state index in [0.717, 1.165) is 0 Å². The maximum absolute atomic E-state index is 13.5. The molecule has 0 radical (unpaired) electrons. The predicted octanol–water partition coefficient (Wildman–Crippen LogP) is 4.13. The van der Waals surface area contributed by atoms with Gasteiger partial charge in [0.2, 0.25) is 11.7 Å². The largest absolute Gasteiger partial charge is 0.450 e. The second-order valence-corrected chi connectivity index (χ2v) is 6.93. The van der Waals surface area contributed by atoms with Crippen LogP contribution in [-0.2, 0) is 0 Å². The molecule has 1 atom stereocenters. The van der Waals surface area contributed by atoms with Gasteiger partial charge < -0.3 is 4.42 Å². The number of rotatable bonds is 2. The number of anilines is 1. The number of aromatic nitrogens is 2. The molecule has 5 rings (SSSR count). The lowest BCUT2D eigenvalue weighted by molar-refractivity contribution is 0.0969. The van der Waals surface area contributed by atoms with E-state index in [1.54, 1.807) is 18.2 Å². The van der Waals surface area contributed by atoms with E-state index < -0.39 is 17.8 Å². The summed E-state index contributed by atoms with van der Waals surface area (Å²) < 4.78 is 19.3. The second-order valence-electron chi connectivity index (χ2n) is 6.49. The fourth-order valence-corrected chi connectivity index (χ4v) is 3.70. The zero-order valence-corrected chi connectivity index (χ0v) is 15.4. The summed E-state index contributed by atoms with van der Waals surface area (Å²) in [6, 6.07) is 10.9. The average molecular weight is 408 g/mol. The molecule has 29 heavy (non-hydrogen) atoms. The molecule has 0 saturated carbocycles. The predicted molar refractivity (Wildman–Crippen MR) is 105 cm³/mol. The molecule has 8 heteroatoms. The summed E-state index contributed by atoms with van der Waals surface area (Å²) >= 11 is 6.05. The summed E-state index contributed by atoms with van der Waals surface area (Å²) in [6.07, 6.45) is 2.98. The van der Waals surface area contributed by atoms with Crippen LogP contribution < -0.4 is 10.3 Å². The monoisotopic (exact) mass is 407 g/mol. The van der Waals surface area contributed by atoms with Gasteiger partial charge in [0.1, 0.15) is 11.4 Å². The van der Waals surface area contributed by atoms with Crippen molar-refractivity contribution < 1.29 is 13.6 Å². The first kappa shape index (κ1) is 17.5. The molecule has 2 aromatic carbocycles. The SMILES string of the molecule is O=C1c2oc3ccc(Cl)cc3c(=O)c2[C@H](c2ccc(F)cc2)N1c1ncccn1. The summed E-state index contributed by atoms with van der Waals surface area (Å²) in [7, 11) is 0. The van der Waals surface area contributed by atoms with Gasteiger partial charge in [-0.05, 0) is 42.0 Å². The molecule has 0 unspecified atom stereocenters. The van der Waals surface area contributed by atoms with Crippen LogP contribution in [0.25, 0.3) is 11.0 Å². The van der Waals surface area contributed by atoms with E-state index in [1.807, 2.05) is 0 Å². The maximum Gasteiger partial charge on any atom is 0.297 e. The molecule has 0 N–H and O–H groups in total. The van der Waals surface area contributed by atoms with Crippen LogP contribution in [0.1, 0.15) is 27.7 Å².